The summed E-state index contributed by atoms with van der Waals surface area (Å²) in [5.41, 5.74) is 3.54. The van der Waals surface area contributed by atoms with E-state index in [-0.39, 0.29) is 11.7 Å². The second kappa shape index (κ2) is 6.64. The van der Waals surface area contributed by atoms with Crippen molar-refractivity contribution >= 4 is 23.4 Å². The molecule has 0 radical (unpaired) electrons. The van der Waals surface area contributed by atoms with Crippen LogP contribution in [0.5, 0.6) is 0 Å². The maximum absolute atomic E-state index is 12.2. The van der Waals surface area contributed by atoms with E-state index < -0.39 is 0 Å². The monoisotopic (exact) mass is 355 g/mol. The summed E-state index contributed by atoms with van der Waals surface area (Å²) in [6.07, 6.45) is 4.94. The number of aromatic nitrogens is 3. The number of nitrogens with one attached hydrogen (secondary N) is 1. The van der Waals surface area contributed by atoms with Crippen LogP contribution in [0.1, 0.15) is 17.5 Å². The van der Waals surface area contributed by atoms with Gasteiger partial charge in [0.25, 0.3) is 0 Å². The van der Waals surface area contributed by atoms with Gasteiger partial charge >= 0.3 is 0 Å². The number of nitrogens with two attached hydrogens (primary N) is 1. The molecule has 7 nitrogen and oxygen atoms in total. The predicted molar refractivity (Wildman–Crippen MR) is 95.7 cm³/mol. The molecule has 0 saturated heterocycles. The highest BCUT2D eigenvalue weighted by molar-refractivity contribution is 7.99. The number of amides is 1. The Balaban J connectivity index is 1.38. The Morgan fingerprint density at radius 2 is 2.16 bits per heavy atom. The van der Waals surface area contributed by atoms with E-state index in [0.29, 0.717) is 16.7 Å². The average Bonchev–Trinajstić information content (AvgIpc) is 3.33. The van der Waals surface area contributed by atoms with Gasteiger partial charge in [0.15, 0.2) is 5.76 Å². The molecule has 2 aromatic heterocycles. The van der Waals surface area contributed by atoms with Crippen LogP contribution in [0.4, 0.5) is 5.69 Å². The quantitative estimate of drug-likeness (QED) is 0.539. The van der Waals surface area contributed by atoms with Gasteiger partial charge in [-0.05, 0) is 54.7 Å². The molecule has 0 unspecified atom stereocenters. The Hall–Kier alpha value is -2.74. The molecule has 0 bridgehead atoms. The first kappa shape index (κ1) is 15.8. The lowest BCUT2D eigenvalue weighted by Crippen LogP contribution is -2.16. The van der Waals surface area contributed by atoms with Crippen molar-refractivity contribution in [2.45, 2.75) is 24.4 Å². The van der Waals surface area contributed by atoms with Crippen molar-refractivity contribution in [2.24, 2.45) is 0 Å². The van der Waals surface area contributed by atoms with E-state index in [2.05, 4.69) is 27.6 Å². The van der Waals surface area contributed by atoms with Gasteiger partial charge in [-0.25, -0.2) is 4.68 Å². The third-order valence-corrected chi connectivity index (χ3v) is 5.06. The molecular weight excluding hydrogens is 338 g/mol. The maximum atomic E-state index is 12.2. The number of rotatable bonds is 5. The molecule has 0 atom stereocenters. The summed E-state index contributed by atoms with van der Waals surface area (Å²) in [5, 5.41) is 11.4. The van der Waals surface area contributed by atoms with E-state index in [0.717, 1.165) is 18.5 Å². The zero-order valence-corrected chi connectivity index (χ0v) is 14.3. The van der Waals surface area contributed by atoms with Crippen LogP contribution >= 0.6 is 11.8 Å². The summed E-state index contributed by atoms with van der Waals surface area (Å²) >= 11 is 1.23. The lowest BCUT2D eigenvalue weighted by molar-refractivity contribution is -0.113. The number of hydrogen-bond donors (Lipinski definition) is 2. The van der Waals surface area contributed by atoms with Crippen LogP contribution in [-0.2, 0) is 17.6 Å². The van der Waals surface area contributed by atoms with Crippen molar-refractivity contribution in [3.05, 3.63) is 47.7 Å². The highest BCUT2D eigenvalue weighted by atomic mass is 32.2. The lowest BCUT2D eigenvalue weighted by Gasteiger charge is -2.07. The average molecular weight is 355 g/mol. The molecule has 1 aliphatic rings. The minimum atomic E-state index is -0.106. The molecular formula is C17H17N5O2S. The van der Waals surface area contributed by atoms with E-state index >= 15 is 0 Å². The van der Waals surface area contributed by atoms with Crippen molar-refractivity contribution in [3.8, 4) is 11.6 Å². The molecule has 2 heterocycles. The van der Waals surface area contributed by atoms with Gasteiger partial charge in [0.05, 0.1) is 12.0 Å². The molecule has 0 fully saturated rings. The number of aryl methyl sites for hydroxylation is 2. The predicted octanol–water partition coefficient (Wildman–Crippen LogP) is 2.47. The van der Waals surface area contributed by atoms with Crippen molar-refractivity contribution in [2.75, 3.05) is 16.9 Å². The molecule has 0 aliphatic heterocycles. The normalized spacial score (nSPS) is 13.0. The topological polar surface area (TPSA) is 99.0 Å². The SMILES string of the molecule is Nn1c(SCC(=O)Nc2ccc3c(c2)CCC3)nnc1-c1ccco1. The number of thioether (sulfide) groups is 1. The minimum Gasteiger partial charge on any atom is -0.461 e. The van der Waals surface area contributed by atoms with Crippen molar-refractivity contribution in [1.82, 2.24) is 14.9 Å². The van der Waals surface area contributed by atoms with Gasteiger partial charge in [-0.3, -0.25) is 4.79 Å². The Labute approximate surface area is 148 Å². The minimum absolute atomic E-state index is 0.106. The number of fused-ring (bicyclic) bond motifs is 1. The van der Waals surface area contributed by atoms with Gasteiger partial charge in [0.2, 0.25) is 16.9 Å². The van der Waals surface area contributed by atoms with Gasteiger partial charge in [-0.2, -0.15) is 0 Å². The van der Waals surface area contributed by atoms with Crippen LogP contribution in [0, 0.1) is 0 Å². The fourth-order valence-corrected chi connectivity index (χ4v) is 3.58. The number of furan rings is 1. The first-order valence-corrected chi connectivity index (χ1v) is 8.98. The van der Waals surface area contributed by atoms with Gasteiger partial charge in [0.1, 0.15) is 0 Å². The standard InChI is InChI=1S/C17H17N5O2S/c18-22-16(14-5-2-8-24-14)20-21-17(22)25-10-15(23)19-13-7-6-11-3-1-4-12(11)9-13/h2,5-9H,1,3-4,10,18H2,(H,19,23). The number of nitrogens with zero attached hydrogens (tertiary/aromatic N) is 3. The number of anilines is 1. The molecule has 25 heavy (non-hydrogen) atoms. The Morgan fingerprint density at radius 3 is 3.00 bits per heavy atom. The highest BCUT2D eigenvalue weighted by Crippen LogP contribution is 2.25. The van der Waals surface area contributed by atoms with Crippen LogP contribution in [-0.4, -0.2) is 26.5 Å². The molecule has 3 aromatic rings. The number of carbonyl (C=O) groups is 1. The van der Waals surface area contributed by atoms with E-state index in [9.17, 15) is 4.79 Å². The van der Waals surface area contributed by atoms with E-state index in [4.69, 9.17) is 10.3 Å². The number of benzene rings is 1. The van der Waals surface area contributed by atoms with E-state index in [1.807, 2.05) is 6.07 Å². The second-order valence-electron chi connectivity index (χ2n) is 5.83. The summed E-state index contributed by atoms with van der Waals surface area (Å²) in [6.45, 7) is 0. The van der Waals surface area contributed by atoms with Crippen LogP contribution in [0.3, 0.4) is 0 Å². The van der Waals surface area contributed by atoms with Crippen LogP contribution in [0.15, 0.2) is 46.2 Å². The van der Waals surface area contributed by atoms with Crippen molar-refractivity contribution in [1.29, 1.82) is 0 Å². The lowest BCUT2D eigenvalue weighted by atomic mass is 10.1. The summed E-state index contributed by atoms with van der Waals surface area (Å²) in [4.78, 5) is 12.2. The summed E-state index contributed by atoms with van der Waals surface area (Å²) in [6, 6.07) is 9.61. The molecule has 0 saturated carbocycles. The molecule has 3 N–H and O–H groups in total. The van der Waals surface area contributed by atoms with Crippen LogP contribution in [0.2, 0.25) is 0 Å². The number of hydrogen-bond acceptors (Lipinski definition) is 6. The first-order chi connectivity index (χ1) is 12.2. The van der Waals surface area contributed by atoms with Gasteiger partial charge in [0, 0.05) is 5.69 Å². The van der Waals surface area contributed by atoms with E-state index in [1.165, 1.54) is 34.0 Å². The molecule has 4 rings (SSSR count). The van der Waals surface area contributed by atoms with Gasteiger partial charge < -0.3 is 15.6 Å². The smallest absolute Gasteiger partial charge is 0.234 e. The zero-order chi connectivity index (χ0) is 17.2. The summed E-state index contributed by atoms with van der Waals surface area (Å²) in [7, 11) is 0. The van der Waals surface area contributed by atoms with Crippen LogP contribution < -0.4 is 11.2 Å². The zero-order valence-electron chi connectivity index (χ0n) is 13.4. The third-order valence-electron chi connectivity index (χ3n) is 4.12. The van der Waals surface area contributed by atoms with Gasteiger partial charge in [-0.15, -0.1) is 10.2 Å². The number of nitrogen functional groups attached to an aromatic ring is 1. The molecule has 128 valence electrons. The Kier molecular flexibility index (Phi) is 4.19. The maximum Gasteiger partial charge on any atom is 0.234 e. The highest BCUT2D eigenvalue weighted by Gasteiger charge is 2.16. The molecule has 0 spiro atoms. The molecule has 1 amide bonds. The number of carbonyl (C=O) groups excluding carboxylic acids is 1. The van der Waals surface area contributed by atoms with Crippen molar-refractivity contribution < 1.29 is 9.21 Å². The third kappa shape index (κ3) is 3.25. The first-order valence-electron chi connectivity index (χ1n) is 7.99. The summed E-state index contributed by atoms with van der Waals surface area (Å²) in [5.74, 6) is 7.02. The molecule has 8 heteroatoms. The van der Waals surface area contributed by atoms with Crippen molar-refractivity contribution in [3.63, 3.8) is 0 Å². The Bertz CT molecular complexity index is 904. The summed E-state index contributed by atoms with van der Waals surface area (Å²) < 4.78 is 6.59. The fraction of sp³-hybridized carbons (Fsp3) is 0.235. The van der Waals surface area contributed by atoms with Gasteiger partial charge in [-0.1, -0.05) is 17.8 Å². The second-order valence-corrected chi connectivity index (χ2v) is 6.77. The molecule has 1 aliphatic carbocycles. The van der Waals surface area contributed by atoms with E-state index in [1.54, 1.807) is 18.4 Å². The fourth-order valence-electron chi connectivity index (χ4n) is 2.93. The van der Waals surface area contributed by atoms with Crippen LogP contribution in [0.25, 0.3) is 11.6 Å². The molecule has 1 aromatic carbocycles. The largest absolute Gasteiger partial charge is 0.461 e. The Morgan fingerprint density at radius 1 is 1.28 bits per heavy atom.